The van der Waals surface area contributed by atoms with Crippen LogP contribution in [0.5, 0.6) is 0 Å². The van der Waals surface area contributed by atoms with Gasteiger partial charge >= 0.3 is 0 Å². The molecule has 0 spiro atoms. The second-order valence-electron chi connectivity index (χ2n) is 6.13. The minimum Gasteiger partial charge on any atom is -0.384 e. The second kappa shape index (κ2) is 8.37. The lowest BCUT2D eigenvalue weighted by Gasteiger charge is -2.35. The molecule has 1 N–H and O–H groups in total. The zero-order chi connectivity index (χ0) is 16.8. The summed E-state index contributed by atoms with van der Waals surface area (Å²) in [6.45, 7) is 6.36. The summed E-state index contributed by atoms with van der Waals surface area (Å²) < 4.78 is 10.5. The van der Waals surface area contributed by atoms with Crippen LogP contribution in [0.4, 0.5) is 0 Å². The fourth-order valence-electron chi connectivity index (χ4n) is 3.06. The normalized spacial score (nSPS) is 18.8. The Morgan fingerprint density at radius 1 is 1.33 bits per heavy atom. The molecule has 0 saturated carbocycles. The third-order valence-corrected chi connectivity index (χ3v) is 4.51. The van der Waals surface area contributed by atoms with Crippen LogP contribution in [0.15, 0.2) is 28.8 Å². The molecule has 6 nitrogen and oxygen atoms in total. The van der Waals surface area contributed by atoms with Crippen molar-refractivity contribution in [2.24, 2.45) is 0 Å². The Balaban J connectivity index is 1.68. The predicted molar refractivity (Wildman–Crippen MR) is 91.7 cm³/mol. The van der Waals surface area contributed by atoms with Crippen molar-refractivity contribution in [2.45, 2.75) is 32.4 Å². The molecular formula is C18H26N4O2. The highest BCUT2D eigenvalue weighted by Gasteiger charge is 2.25. The Hall–Kier alpha value is -1.76. The van der Waals surface area contributed by atoms with Crippen LogP contribution in [0.1, 0.15) is 35.8 Å². The summed E-state index contributed by atoms with van der Waals surface area (Å²) in [6.07, 6.45) is 1.75. The first-order valence-corrected chi connectivity index (χ1v) is 8.64. The van der Waals surface area contributed by atoms with E-state index in [-0.39, 0.29) is 0 Å². The Kier molecular flexibility index (Phi) is 5.96. The molecule has 1 aromatic carbocycles. The highest BCUT2D eigenvalue weighted by Crippen LogP contribution is 2.24. The molecular weight excluding hydrogens is 304 g/mol. The van der Waals surface area contributed by atoms with E-state index in [0.29, 0.717) is 37.3 Å². The van der Waals surface area contributed by atoms with Crippen molar-refractivity contribution < 1.29 is 9.26 Å². The van der Waals surface area contributed by atoms with Crippen molar-refractivity contribution in [1.29, 1.82) is 0 Å². The van der Waals surface area contributed by atoms with Crippen LogP contribution in [0.2, 0.25) is 0 Å². The molecule has 1 atom stereocenters. The van der Waals surface area contributed by atoms with Crippen molar-refractivity contribution in [1.82, 2.24) is 20.4 Å². The van der Waals surface area contributed by atoms with E-state index in [1.165, 1.54) is 11.1 Å². The molecule has 1 unspecified atom stereocenters. The number of methoxy groups -OCH3 is 1. The molecule has 0 bridgehead atoms. The Morgan fingerprint density at radius 3 is 2.92 bits per heavy atom. The lowest BCUT2D eigenvalue weighted by atomic mass is 10.0. The third kappa shape index (κ3) is 4.20. The van der Waals surface area contributed by atoms with Gasteiger partial charge in [0.2, 0.25) is 5.89 Å². The van der Waals surface area contributed by atoms with Gasteiger partial charge in [0.1, 0.15) is 0 Å². The van der Waals surface area contributed by atoms with Crippen LogP contribution < -0.4 is 5.32 Å². The van der Waals surface area contributed by atoms with Gasteiger partial charge in [-0.25, -0.2) is 0 Å². The Morgan fingerprint density at radius 2 is 2.17 bits per heavy atom. The van der Waals surface area contributed by atoms with Gasteiger partial charge in [-0.05, 0) is 17.5 Å². The van der Waals surface area contributed by atoms with Crippen molar-refractivity contribution in [3.05, 3.63) is 47.1 Å². The maximum absolute atomic E-state index is 5.41. The summed E-state index contributed by atoms with van der Waals surface area (Å²) in [4.78, 5) is 6.89. The van der Waals surface area contributed by atoms with Crippen molar-refractivity contribution in [2.75, 3.05) is 33.4 Å². The van der Waals surface area contributed by atoms with Gasteiger partial charge < -0.3 is 14.6 Å². The van der Waals surface area contributed by atoms with Gasteiger partial charge in [0, 0.05) is 39.2 Å². The molecule has 130 valence electrons. The number of rotatable bonds is 7. The third-order valence-electron chi connectivity index (χ3n) is 4.51. The quantitative estimate of drug-likeness (QED) is 0.837. The highest BCUT2D eigenvalue weighted by atomic mass is 16.5. The van der Waals surface area contributed by atoms with E-state index in [0.717, 1.165) is 26.1 Å². The lowest BCUT2D eigenvalue weighted by molar-refractivity contribution is 0.135. The van der Waals surface area contributed by atoms with Gasteiger partial charge in [-0.3, -0.25) is 4.90 Å². The molecule has 0 aliphatic carbocycles. The summed E-state index contributed by atoms with van der Waals surface area (Å²) in [5.74, 6) is 1.39. The zero-order valence-corrected chi connectivity index (χ0v) is 14.5. The monoisotopic (exact) mass is 330 g/mol. The Labute approximate surface area is 143 Å². The molecule has 1 aliphatic heterocycles. The van der Waals surface area contributed by atoms with Gasteiger partial charge in [0.05, 0.1) is 13.2 Å². The van der Waals surface area contributed by atoms with E-state index in [1.807, 2.05) is 0 Å². The summed E-state index contributed by atoms with van der Waals surface area (Å²) >= 11 is 0. The number of aryl methyl sites for hydroxylation is 1. The number of hydrogen-bond donors (Lipinski definition) is 1. The summed E-state index contributed by atoms with van der Waals surface area (Å²) in [5.41, 5.74) is 2.70. The first-order valence-electron chi connectivity index (χ1n) is 8.64. The number of aromatic nitrogens is 2. The molecule has 1 aliphatic rings. The van der Waals surface area contributed by atoms with Gasteiger partial charge in [-0.15, -0.1) is 0 Å². The average Bonchev–Trinajstić information content (AvgIpc) is 3.08. The zero-order valence-electron chi connectivity index (χ0n) is 14.5. The van der Waals surface area contributed by atoms with E-state index < -0.39 is 0 Å². The largest absolute Gasteiger partial charge is 0.384 e. The number of ether oxygens (including phenoxy) is 1. The fourth-order valence-corrected chi connectivity index (χ4v) is 3.06. The summed E-state index contributed by atoms with van der Waals surface area (Å²) in [7, 11) is 1.68. The van der Waals surface area contributed by atoms with Crippen molar-refractivity contribution >= 4 is 0 Å². The van der Waals surface area contributed by atoms with Crippen LogP contribution in [0.25, 0.3) is 0 Å². The number of hydrogen-bond acceptors (Lipinski definition) is 6. The highest BCUT2D eigenvalue weighted by molar-refractivity contribution is 5.25. The molecule has 3 rings (SSSR count). The summed E-state index contributed by atoms with van der Waals surface area (Å²) in [5, 5.41) is 7.52. The van der Waals surface area contributed by atoms with Crippen LogP contribution >= 0.6 is 0 Å². The van der Waals surface area contributed by atoms with Gasteiger partial charge in [-0.2, -0.15) is 4.98 Å². The van der Waals surface area contributed by atoms with E-state index in [9.17, 15) is 0 Å². The van der Waals surface area contributed by atoms with E-state index >= 15 is 0 Å². The smallest absolute Gasteiger partial charge is 0.240 e. The molecule has 1 saturated heterocycles. The average molecular weight is 330 g/mol. The fraction of sp³-hybridized carbons (Fsp3) is 0.556. The SMILES string of the molecule is CCc1ccc(C2CNCCN2Cc2nc(CCOC)no2)cc1. The number of piperazine rings is 1. The number of nitrogens with zero attached hydrogens (tertiary/aromatic N) is 3. The minimum atomic E-state index is 0.332. The molecule has 0 amide bonds. The van der Waals surface area contributed by atoms with E-state index in [2.05, 4.69) is 51.5 Å². The number of benzene rings is 1. The predicted octanol–water partition coefficient (Wildman–Crippen LogP) is 1.97. The summed E-state index contributed by atoms with van der Waals surface area (Å²) in [6, 6.07) is 9.25. The van der Waals surface area contributed by atoms with Gasteiger partial charge in [0.15, 0.2) is 5.82 Å². The Bertz CT molecular complexity index is 626. The van der Waals surface area contributed by atoms with Gasteiger partial charge in [-0.1, -0.05) is 36.3 Å². The maximum Gasteiger partial charge on any atom is 0.240 e. The van der Waals surface area contributed by atoms with Crippen LogP contribution in [0.3, 0.4) is 0 Å². The second-order valence-corrected chi connectivity index (χ2v) is 6.13. The molecule has 2 heterocycles. The van der Waals surface area contributed by atoms with Crippen LogP contribution in [0, 0.1) is 0 Å². The molecule has 2 aromatic rings. The molecule has 0 radical (unpaired) electrons. The number of nitrogens with one attached hydrogen (secondary N) is 1. The maximum atomic E-state index is 5.41. The van der Waals surface area contributed by atoms with E-state index in [1.54, 1.807) is 7.11 Å². The first kappa shape index (κ1) is 17.1. The van der Waals surface area contributed by atoms with Crippen molar-refractivity contribution in [3.63, 3.8) is 0 Å². The molecule has 1 aromatic heterocycles. The topological polar surface area (TPSA) is 63.4 Å². The van der Waals surface area contributed by atoms with Crippen LogP contribution in [-0.4, -0.2) is 48.4 Å². The van der Waals surface area contributed by atoms with Gasteiger partial charge in [0.25, 0.3) is 0 Å². The van der Waals surface area contributed by atoms with E-state index in [4.69, 9.17) is 9.26 Å². The minimum absolute atomic E-state index is 0.332. The van der Waals surface area contributed by atoms with Crippen LogP contribution in [-0.2, 0) is 24.1 Å². The first-order chi connectivity index (χ1) is 11.8. The molecule has 6 heteroatoms. The molecule has 1 fully saturated rings. The lowest BCUT2D eigenvalue weighted by Crippen LogP contribution is -2.45. The van der Waals surface area contributed by atoms with Crippen molar-refractivity contribution in [3.8, 4) is 0 Å². The molecule has 24 heavy (non-hydrogen) atoms. The standard InChI is InChI=1S/C18H26N4O2/c1-3-14-4-6-15(7-5-14)16-12-19-9-10-22(16)13-18-20-17(21-24-18)8-11-23-2/h4-7,16,19H,3,8-13H2,1-2H3.